The van der Waals surface area contributed by atoms with Gasteiger partial charge in [0.2, 0.25) is 15.9 Å². The number of sulfonamides is 1. The van der Waals surface area contributed by atoms with E-state index in [1.165, 1.54) is 10.6 Å². The van der Waals surface area contributed by atoms with Crippen LogP contribution >= 0.6 is 23.4 Å². The first kappa shape index (κ1) is 24.6. The first-order chi connectivity index (χ1) is 14.2. The Bertz CT molecular complexity index is 965. The van der Waals surface area contributed by atoms with E-state index in [1.54, 1.807) is 17.8 Å². The SMILES string of the molecule is Cc1cccc(N(CCCC(=O)NCCSCc2ccccc2Cl)S(C)(=O)=O)c1C. The molecule has 2 aromatic rings. The van der Waals surface area contributed by atoms with Crippen LogP contribution in [0.3, 0.4) is 0 Å². The molecular formula is C22H29ClN2O3S2. The summed E-state index contributed by atoms with van der Waals surface area (Å²) in [5.74, 6) is 1.52. The number of aryl methyl sites for hydroxylation is 1. The van der Waals surface area contributed by atoms with Crippen LogP contribution in [0.5, 0.6) is 0 Å². The second-order valence-corrected chi connectivity index (χ2v) is 10.6. The lowest BCUT2D eigenvalue weighted by atomic mass is 10.1. The molecule has 0 saturated heterocycles. The Hall–Kier alpha value is -1.70. The average Bonchev–Trinajstić information content (AvgIpc) is 2.68. The summed E-state index contributed by atoms with van der Waals surface area (Å²) in [5, 5.41) is 3.65. The van der Waals surface area contributed by atoms with Crippen molar-refractivity contribution in [2.75, 3.05) is 29.4 Å². The standard InChI is InChI=1S/C22H29ClN2O3S2/c1-17-8-6-11-21(18(17)2)25(30(3,27)28)14-7-12-22(26)24-13-15-29-16-19-9-4-5-10-20(19)23/h4-6,8-11H,7,12-16H2,1-3H3,(H,24,26). The third-order valence-corrected chi connectivity index (χ3v) is 7.35. The zero-order chi connectivity index (χ0) is 22.1. The van der Waals surface area contributed by atoms with Gasteiger partial charge in [0, 0.05) is 36.0 Å². The van der Waals surface area contributed by atoms with Gasteiger partial charge in [-0.25, -0.2) is 8.42 Å². The largest absolute Gasteiger partial charge is 0.355 e. The van der Waals surface area contributed by atoms with Crippen LogP contribution in [-0.2, 0) is 20.6 Å². The fraction of sp³-hybridized carbons (Fsp3) is 0.409. The minimum absolute atomic E-state index is 0.0669. The number of carbonyl (C=O) groups excluding carboxylic acids is 1. The average molecular weight is 469 g/mol. The van der Waals surface area contributed by atoms with Crippen LogP contribution in [-0.4, -0.2) is 39.4 Å². The molecule has 0 aliphatic carbocycles. The van der Waals surface area contributed by atoms with Crippen molar-refractivity contribution in [3.05, 3.63) is 64.2 Å². The highest BCUT2D eigenvalue weighted by molar-refractivity contribution is 7.98. The molecule has 0 unspecified atom stereocenters. The summed E-state index contributed by atoms with van der Waals surface area (Å²) in [6, 6.07) is 13.3. The van der Waals surface area contributed by atoms with Crippen molar-refractivity contribution in [3.8, 4) is 0 Å². The van der Waals surface area contributed by atoms with Crippen molar-refractivity contribution in [2.45, 2.75) is 32.4 Å². The molecule has 0 radical (unpaired) electrons. The third kappa shape index (κ3) is 7.52. The van der Waals surface area contributed by atoms with Gasteiger partial charge >= 0.3 is 0 Å². The predicted molar refractivity (Wildman–Crippen MR) is 128 cm³/mol. The summed E-state index contributed by atoms with van der Waals surface area (Å²) in [6.07, 6.45) is 1.94. The highest BCUT2D eigenvalue weighted by Gasteiger charge is 2.19. The van der Waals surface area contributed by atoms with Gasteiger partial charge in [-0.2, -0.15) is 11.8 Å². The zero-order valence-electron chi connectivity index (χ0n) is 17.7. The second-order valence-electron chi connectivity index (χ2n) is 7.15. The van der Waals surface area contributed by atoms with Crippen molar-refractivity contribution in [1.82, 2.24) is 5.32 Å². The monoisotopic (exact) mass is 468 g/mol. The van der Waals surface area contributed by atoms with E-state index in [4.69, 9.17) is 11.6 Å². The van der Waals surface area contributed by atoms with Crippen LogP contribution in [0, 0.1) is 13.8 Å². The Labute approximate surface area is 189 Å². The molecule has 2 aromatic carbocycles. The Morgan fingerprint density at radius 2 is 1.87 bits per heavy atom. The van der Waals surface area contributed by atoms with Gasteiger partial charge < -0.3 is 5.32 Å². The Balaban J connectivity index is 1.75. The molecule has 164 valence electrons. The van der Waals surface area contributed by atoms with Crippen LogP contribution in [0.15, 0.2) is 42.5 Å². The lowest BCUT2D eigenvalue weighted by Gasteiger charge is -2.24. The van der Waals surface area contributed by atoms with Crippen LogP contribution in [0.4, 0.5) is 5.69 Å². The molecule has 0 aromatic heterocycles. The molecule has 0 aliphatic rings. The zero-order valence-corrected chi connectivity index (χ0v) is 20.0. The summed E-state index contributed by atoms with van der Waals surface area (Å²) in [5.41, 5.74) is 3.73. The van der Waals surface area contributed by atoms with E-state index in [9.17, 15) is 13.2 Å². The number of nitrogens with zero attached hydrogens (tertiary/aromatic N) is 1. The Morgan fingerprint density at radius 1 is 1.13 bits per heavy atom. The van der Waals surface area contributed by atoms with Gasteiger partial charge in [0.25, 0.3) is 0 Å². The number of rotatable bonds is 11. The summed E-state index contributed by atoms with van der Waals surface area (Å²) in [4.78, 5) is 12.1. The van der Waals surface area contributed by atoms with E-state index in [-0.39, 0.29) is 18.9 Å². The maximum Gasteiger partial charge on any atom is 0.232 e. The maximum absolute atomic E-state index is 12.3. The van der Waals surface area contributed by atoms with E-state index in [2.05, 4.69) is 5.32 Å². The number of anilines is 1. The Morgan fingerprint density at radius 3 is 2.57 bits per heavy atom. The minimum atomic E-state index is -3.42. The maximum atomic E-state index is 12.3. The molecule has 0 atom stereocenters. The van der Waals surface area contributed by atoms with Crippen molar-refractivity contribution in [2.24, 2.45) is 0 Å². The van der Waals surface area contributed by atoms with Crippen LogP contribution in [0.1, 0.15) is 29.5 Å². The number of nitrogens with one attached hydrogen (secondary N) is 1. The molecule has 0 spiro atoms. The van der Waals surface area contributed by atoms with Gasteiger partial charge in [0.15, 0.2) is 0 Å². The van der Waals surface area contributed by atoms with Gasteiger partial charge in [-0.15, -0.1) is 0 Å². The number of amides is 1. The smallest absolute Gasteiger partial charge is 0.232 e. The van der Waals surface area contributed by atoms with Crippen molar-refractivity contribution >= 4 is 45.0 Å². The number of halogens is 1. The first-order valence-corrected chi connectivity index (χ1v) is 13.2. The number of benzene rings is 2. The quantitative estimate of drug-likeness (QED) is 0.491. The molecule has 0 bridgehead atoms. The van der Waals surface area contributed by atoms with Gasteiger partial charge in [0.05, 0.1) is 11.9 Å². The highest BCUT2D eigenvalue weighted by Crippen LogP contribution is 2.25. The number of hydrogen-bond acceptors (Lipinski definition) is 4. The number of hydrogen-bond donors (Lipinski definition) is 1. The Kier molecular flexibility index (Phi) is 9.52. The lowest BCUT2D eigenvalue weighted by molar-refractivity contribution is -0.121. The summed E-state index contributed by atoms with van der Waals surface area (Å²) >= 11 is 7.84. The van der Waals surface area contributed by atoms with Crippen LogP contribution in [0.2, 0.25) is 5.02 Å². The molecule has 30 heavy (non-hydrogen) atoms. The van der Waals surface area contributed by atoms with Gasteiger partial charge in [0.1, 0.15) is 0 Å². The molecule has 1 amide bonds. The van der Waals surface area contributed by atoms with Gasteiger partial charge in [-0.05, 0) is 49.1 Å². The molecule has 5 nitrogen and oxygen atoms in total. The molecule has 1 N–H and O–H groups in total. The van der Waals surface area contributed by atoms with Crippen LogP contribution < -0.4 is 9.62 Å². The molecular weight excluding hydrogens is 440 g/mol. The molecule has 0 fully saturated rings. The summed E-state index contributed by atoms with van der Waals surface area (Å²) < 4.78 is 25.9. The topological polar surface area (TPSA) is 66.5 Å². The fourth-order valence-corrected chi connectivity index (χ4v) is 5.16. The van der Waals surface area contributed by atoms with E-state index in [1.807, 2.05) is 50.2 Å². The first-order valence-electron chi connectivity index (χ1n) is 9.82. The normalized spacial score (nSPS) is 11.3. The minimum Gasteiger partial charge on any atom is -0.355 e. The summed E-state index contributed by atoms with van der Waals surface area (Å²) in [7, 11) is -3.42. The van der Waals surface area contributed by atoms with E-state index >= 15 is 0 Å². The highest BCUT2D eigenvalue weighted by atomic mass is 35.5. The molecule has 0 heterocycles. The van der Waals surface area contributed by atoms with Gasteiger partial charge in [-0.1, -0.05) is 41.9 Å². The van der Waals surface area contributed by atoms with Crippen LogP contribution in [0.25, 0.3) is 0 Å². The fourth-order valence-electron chi connectivity index (χ4n) is 3.00. The third-order valence-electron chi connectivity index (χ3n) is 4.79. The number of thioether (sulfide) groups is 1. The van der Waals surface area contributed by atoms with Gasteiger partial charge in [-0.3, -0.25) is 9.10 Å². The number of carbonyl (C=O) groups is 1. The van der Waals surface area contributed by atoms with E-state index in [0.29, 0.717) is 18.7 Å². The van der Waals surface area contributed by atoms with E-state index < -0.39 is 10.0 Å². The summed E-state index contributed by atoms with van der Waals surface area (Å²) in [6.45, 7) is 4.71. The molecule has 8 heteroatoms. The molecule has 0 aliphatic heterocycles. The predicted octanol–water partition coefficient (Wildman–Crippen LogP) is 4.55. The van der Waals surface area contributed by atoms with Crippen molar-refractivity contribution < 1.29 is 13.2 Å². The second kappa shape index (κ2) is 11.6. The van der Waals surface area contributed by atoms with Crippen molar-refractivity contribution in [1.29, 1.82) is 0 Å². The van der Waals surface area contributed by atoms with E-state index in [0.717, 1.165) is 33.2 Å². The molecule has 2 rings (SSSR count). The lowest BCUT2D eigenvalue weighted by Crippen LogP contribution is -2.33. The van der Waals surface area contributed by atoms with Crippen molar-refractivity contribution in [3.63, 3.8) is 0 Å². The molecule has 0 saturated carbocycles.